The van der Waals surface area contributed by atoms with Gasteiger partial charge in [-0.15, -0.1) is 0 Å². The number of benzene rings is 1. The number of hydrogen-bond donors (Lipinski definition) is 0. The Morgan fingerprint density at radius 3 is 2.48 bits per heavy atom. The summed E-state index contributed by atoms with van der Waals surface area (Å²) >= 11 is 6.33. The summed E-state index contributed by atoms with van der Waals surface area (Å²) in [5.74, 6) is 0.260. The second-order valence-electron chi connectivity index (χ2n) is 5.80. The zero-order chi connectivity index (χ0) is 14.9. The van der Waals surface area contributed by atoms with Crippen LogP contribution in [0.1, 0.15) is 48.2 Å². The van der Waals surface area contributed by atoms with Crippen LogP contribution in [0.25, 0.3) is 0 Å². The quantitative estimate of drug-likeness (QED) is 0.752. The number of hydrogen-bond acceptors (Lipinski definition) is 2. The van der Waals surface area contributed by atoms with E-state index in [9.17, 15) is 4.79 Å². The Kier molecular flexibility index (Phi) is 3.81. The van der Waals surface area contributed by atoms with E-state index >= 15 is 0 Å². The normalized spacial score (nSPS) is 17.8. The van der Waals surface area contributed by atoms with Gasteiger partial charge in [0.25, 0.3) is 0 Å². The van der Waals surface area contributed by atoms with Gasteiger partial charge in [0.1, 0.15) is 5.69 Å². The van der Waals surface area contributed by atoms with Crippen LogP contribution in [-0.4, -0.2) is 10.8 Å². The molecule has 1 unspecified atom stereocenters. The third kappa shape index (κ3) is 2.38. The third-order valence-corrected chi connectivity index (χ3v) is 5.14. The SMILES string of the molecule is CC(c1ccccc1Cl)C1(C(=O)c2ccccn2)CCC1. The Labute approximate surface area is 130 Å². The van der Waals surface area contributed by atoms with Crippen LogP contribution in [0, 0.1) is 5.41 Å². The van der Waals surface area contributed by atoms with E-state index in [4.69, 9.17) is 11.6 Å². The average Bonchev–Trinajstić information content (AvgIpc) is 2.47. The van der Waals surface area contributed by atoms with Crippen molar-refractivity contribution in [3.05, 3.63) is 64.9 Å². The molecule has 2 nitrogen and oxygen atoms in total. The second-order valence-corrected chi connectivity index (χ2v) is 6.20. The van der Waals surface area contributed by atoms with Gasteiger partial charge in [-0.3, -0.25) is 9.78 Å². The maximum absolute atomic E-state index is 13.0. The van der Waals surface area contributed by atoms with Gasteiger partial charge in [-0.1, -0.05) is 49.2 Å². The fourth-order valence-corrected chi connectivity index (χ4v) is 3.59. The van der Waals surface area contributed by atoms with E-state index < -0.39 is 0 Å². The molecule has 0 aliphatic heterocycles. The predicted octanol–water partition coefficient (Wildman–Crippen LogP) is 4.89. The van der Waals surface area contributed by atoms with Crippen LogP contribution < -0.4 is 0 Å². The molecule has 1 fully saturated rings. The van der Waals surface area contributed by atoms with Crippen molar-refractivity contribution >= 4 is 17.4 Å². The molecule has 0 N–H and O–H groups in total. The monoisotopic (exact) mass is 299 g/mol. The molecule has 1 heterocycles. The first-order valence-electron chi connectivity index (χ1n) is 7.35. The highest BCUT2D eigenvalue weighted by Gasteiger charge is 2.49. The zero-order valence-electron chi connectivity index (χ0n) is 12.1. The smallest absolute Gasteiger partial charge is 0.187 e. The number of Topliss-reactive ketones (excluding diaryl/α,β-unsaturated/α-hetero) is 1. The van der Waals surface area contributed by atoms with Crippen LogP contribution in [0.3, 0.4) is 0 Å². The van der Waals surface area contributed by atoms with Crippen LogP contribution in [-0.2, 0) is 0 Å². The molecule has 108 valence electrons. The first kappa shape index (κ1) is 14.3. The zero-order valence-corrected chi connectivity index (χ0v) is 12.8. The molecule has 1 aromatic carbocycles. The lowest BCUT2D eigenvalue weighted by Crippen LogP contribution is -2.43. The molecule has 0 bridgehead atoms. The molecule has 1 aromatic heterocycles. The molecule has 1 aliphatic rings. The van der Waals surface area contributed by atoms with Crippen molar-refractivity contribution < 1.29 is 4.79 Å². The fourth-order valence-electron chi connectivity index (χ4n) is 3.29. The number of rotatable bonds is 4. The highest BCUT2D eigenvalue weighted by molar-refractivity contribution is 6.31. The van der Waals surface area contributed by atoms with Crippen molar-refractivity contribution in [2.24, 2.45) is 5.41 Å². The molecule has 2 aromatic rings. The molecule has 1 saturated carbocycles. The number of carbonyl (C=O) groups is 1. The van der Waals surface area contributed by atoms with Gasteiger partial charge >= 0.3 is 0 Å². The molecule has 0 spiro atoms. The van der Waals surface area contributed by atoms with Gasteiger partial charge in [0.05, 0.1) is 0 Å². The van der Waals surface area contributed by atoms with Crippen molar-refractivity contribution in [3.63, 3.8) is 0 Å². The van der Waals surface area contributed by atoms with E-state index in [1.165, 1.54) is 0 Å². The van der Waals surface area contributed by atoms with Crippen molar-refractivity contribution in [1.29, 1.82) is 0 Å². The Balaban J connectivity index is 1.97. The molecular weight excluding hydrogens is 282 g/mol. The highest BCUT2D eigenvalue weighted by atomic mass is 35.5. The maximum atomic E-state index is 13.0. The molecule has 3 rings (SSSR count). The lowest BCUT2D eigenvalue weighted by atomic mass is 9.57. The summed E-state index contributed by atoms with van der Waals surface area (Å²) in [5.41, 5.74) is 1.28. The minimum atomic E-state index is -0.348. The van der Waals surface area contributed by atoms with Crippen molar-refractivity contribution in [3.8, 4) is 0 Å². The molecule has 0 radical (unpaired) electrons. The number of ketones is 1. The number of nitrogens with zero attached hydrogens (tertiary/aromatic N) is 1. The van der Waals surface area contributed by atoms with Crippen molar-refractivity contribution in [2.45, 2.75) is 32.1 Å². The van der Waals surface area contributed by atoms with Crippen molar-refractivity contribution in [1.82, 2.24) is 4.98 Å². The summed E-state index contributed by atoms with van der Waals surface area (Å²) in [5, 5.41) is 0.741. The first-order chi connectivity index (χ1) is 10.1. The minimum Gasteiger partial charge on any atom is -0.292 e. The standard InChI is InChI=1S/C18H18ClNO/c1-13(14-7-2-3-8-15(14)19)18(10-6-11-18)17(21)16-9-4-5-12-20-16/h2-5,7-9,12-13H,6,10-11H2,1H3. The van der Waals surface area contributed by atoms with E-state index in [0.717, 1.165) is 29.8 Å². The molecule has 0 saturated heterocycles. The topological polar surface area (TPSA) is 30.0 Å². The summed E-state index contributed by atoms with van der Waals surface area (Å²) in [6, 6.07) is 13.3. The van der Waals surface area contributed by atoms with Gasteiger partial charge in [0.2, 0.25) is 0 Å². The number of aromatic nitrogens is 1. The molecule has 1 atom stereocenters. The fraction of sp³-hybridized carbons (Fsp3) is 0.333. The van der Waals surface area contributed by atoms with E-state index in [2.05, 4.69) is 11.9 Å². The second kappa shape index (κ2) is 5.61. The van der Waals surface area contributed by atoms with E-state index in [0.29, 0.717) is 5.69 Å². The Bertz CT molecular complexity index is 649. The predicted molar refractivity (Wildman–Crippen MR) is 84.7 cm³/mol. The van der Waals surface area contributed by atoms with E-state index in [1.807, 2.05) is 42.5 Å². The number of halogens is 1. The summed E-state index contributed by atoms with van der Waals surface area (Å²) in [4.78, 5) is 17.2. The van der Waals surface area contributed by atoms with Crippen LogP contribution >= 0.6 is 11.6 Å². The summed E-state index contributed by atoms with van der Waals surface area (Å²) in [6.45, 7) is 2.11. The number of carbonyl (C=O) groups excluding carboxylic acids is 1. The minimum absolute atomic E-state index is 0.106. The van der Waals surface area contributed by atoms with Gasteiger partial charge in [-0.05, 0) is 42.5 Å². The van der Waals surface area contributed by atoms with Gasteiger partial charge in [-0.25, -0.2) is 0 Å². The van der Waals surface area contributed by atoms with Crippen LogP contribution in [0.15, 0.2) is 48.7 Å². The molecule has 21 heavy (non-hydrogen) atoms. The maximum Gasteiger partial charge on any atom is 0.187 e. The molecule has 1 aliphatic carbocycles. The molecule has 0 amide bonds. The summed E-state index contributed by atoms with van der Waals surface area (Å²) < 4.78 is 0. The average molecular weight is 300 g/mol. The van der Waals surface area contributed by atoms with Gasteiger partial charge in [0.15, 0.2) is 5.78 Å². The Hall–Kier alpha value is -1.67. The van der Waals surface area contributed by atoms with Crippen LogP contribution in [0.5, 0.6) is 0 Å². The molecular formula is C18H18ClNO. The number of pyridine rings is 1. The lowest BCUT2D eigenvalue weighted by molar-refractivity contribution is 0.0522. The van der Waals surface area contributed by atoms with Crippen molar-refractivity contribution in [2.75, 3.05) is 0 Å². The largest absolute Gasteiger partial charge is 0.292 e. The van der Waals surface area contributed by atoms with Gasteiger partial charge in [0, 0.05) is 16.6 Å². The summed E-state index contributed by atoms with van der Waals surface area (Å²) in [7, 11) is 0. The van der Waals surface area contributed by atoms with Crippen LogP contribution in [0.4, 0.5) is 0 Å². The third-order valence-electron chi connectivity index (χ3n) is 4.80. The first-order valence-corrected chi connectivity index (χ1v) is 7.73. The Morgan fingerprint density at radius 1 is 1.19 bits per heavy atom. The Morgan fingerprint density at radius 2 is 1.90 bits per heavy atom. The highest BCUT2D eigenvalue weighted by Crippen LogP contribution is 2.54. The van der Waals surface area contributed by atoms with Gasteiger partial charge in [-0.2, -0.15) is 0 Å². The molecule has 3 heteroatoms. The van der Waals surface area contributed by atoms with E-state index in [1.54, 1.807) is 6.20 Å². The van der Waals surface area contributed by atoms with Gasteiger partial charge < -0.3 is 0 Å². The van der Waals surface area contributed by atoms with E-state index in [-0.39, 0.29) is 17.1 Å². The summed E-state index contributed by atoms with van der Waals surface area (Å²) in [6.07, 6.45) is 4.59. The van der Waals surface area contributed by atoms with Crippen LogP contribution in [0.2, 0.25) is 5.02 Å². The lowest BCUT2D eigenvalue weighted by Gasteiger charge is -2.45.